The van der Waals surface area contributed by atoms with E-state index in [1.165, 1.54) is 70.6 Å². The Kier molecular flexibility index (Phi) is 4.31. The van der Waals surface area contributed by atoms with Crippen molar-refractivity contribution in [3.8, 4) is 11.3 Å². The van der Waals surface area contributed by atoms with Crippen molar-refractivity contribution in [2.45, 2.75) is 44.9 Å². The highest BCUT2D eigenvalue weighted by Crippen LogP contribution is 2.43. The molecule has 1 saturated carbocycles. The van der Waals surface area contributed by atoms with E-state index in [0.717, 1.165) is 11.0 Å². The first kappa shape index (κ1) is 18.6. The van der Waals surface area contributed by atoms with Crippen molar-refractivity contribution < 1.29 is 8.98 Å². The normalized spacial score (nSPS) is 15.3. The predicted octanol–water partition coefficient (Wildman–Crippen LogP) is 6.98. The molecule has 0 N–H and O–H groups in total. The standard InChI is InChI=1S/C28H27N2O/c1-18-21-11-6-7-12-22(21)26-23-13-8-15-29-28(23)31-27(26)25(18)24-17-20(14-16-30(24)2)19-9-4-3-5-10-19/h6-8,11-17,19H,3-5,9-10H2,1-2H3/q+1. The van der Waals surface area contributed by atoms with Crippen LogP contribution in [-0.2, 0) is 7.05 Å². The van der Waals surface area contributed by atoms with Crippen molar-refractivity contribution in [3.63, 3.8) is 0 Å². The number of pyridine rings is 2. The fourth-order valence-electron chi connectivity index (χ4n) is 5.54. The lowest BCUT2D eigenvalue weighted by molar-refractivity contribution is -0.660. The van der Waals surface area contributed by atoms with Crippen LogP contribution in [-0.4, -0.2) is 4.98 Å². The highest BCUT2D eigenvalue weighted by molar-refractivity contribution is 6.22. The van der Waals surface area contributed by atoms with Crippen LogP contribution in [0.15, 0.2) is 65.3 Å². The Hall–Kier alpha value is -3.20. The molecule has 0 aliphatic heterocycles. The summed E-state index contributed by atoms with van der Waals surface area (Å²) in [4.78, 5) is 4.53. The van der Waals surface area contributed by atoms with Gasteiger partial charge in [0.05, 0.1) is 5.56 Å². The Morgan fingerprint density at radius 1 is 0.935 bits per heavy atom. The topological polar surface area (TPSA) is 29.9 Å². The molecule has 0 amide bonds. The van der Waals surface area contributed by atoms with E-state index in [1.807, 2.05) is 12.3 Å². The van der Waals surface area contributed by atoms with Crippen molar-refractivity contribution >= 4 is 32.8 Å². The molecule has 6 rings (SSSR count). The van der Waals surface area contributed by atoms with Gasteiger partial charge in [-0.25, -0.2) is 9.55 Å². The molecule has 3 heterocycles. The van der Waals surface area contributed by atoms with Gasteiger partial charge in [-0.3, -0.25) is 0 Å². The number of aromatic nitrogens is 2. The molecule has 3 nitrogen and oxygen atoms in total. The predicted molar refractivity (Wildman–Crippen MR) is 126 cm³/mol. The van der Waals surface area contributed by atoms with E-state index >= 15 is 0 Å². The number of furan rings is 1. The molecule has 1 aliphatic rings. The van der Waals surface area contributed by atoms with Crippen LogP contribution in [0, 0.1) is 6.92 Å². The van der Waals surface area contributed by atoms with Crippen LogP contribution in [0.3, 0.4) is 0 Å². The molecule has 2 aromatic carbocycles. The van der Waals surface area contributed by atoms with Gasteiger partial charge in [0, 0.05) is 29.1 Å². The summed E-state index contributed by atoms with van der Waals surface area (Å²) in [5, 5.41) is 4.76. The summed E-state index contributed by atoms with van der Waals surface area (Å²) < 4.78 is 8.68. The number of hydrogen-bond donors (Lipinski definition) is 0. The molecule has 0 bridgehead atoms. The van der Waals surface area contributed by atoms with E-state index in [1.54, 1.807) is 0 Å². The molecule has 0 spiro atoms. The van der Waals surface area contributed by atoms with Gasteiger partial charge in [0.25, 0.3) is 0 Å². The fraction of sp³-hybridized carbons (Fsp3) is 0.286. The van der Waals surface area contributed by atoms with E-state index in [0.29, 0.717) is 11.6 Å². The van der Waals surface area contributed by atoms with Crippen molar-refractivity contribution in [1.82, 2.24) is 4.98 Å². The average Bonchev–Trinajstić information content (AvgIpc) is 3.20. The minimum absolute atomic E-state index is 0.669. The summed E-state index contributed by atoms with van der Waals surface area (Å²) in [5.41, 5.74) is 6.78. The molecule has 3 aromatic heterocycles. The molecule has 154 valence electrons. The summed E-state index contributed by atoms with van der Waals surface area (Å²) in [6.45, 7) is 2.23. The number of rotatable bonds is 2. The zero-order valence-corrected chi connectivity index (χ0v) is 18.2. The largest absolute Gasteiger partial charge is 0.437 e. The highest BCUT2D eigenvalue weighted by atomic mass is 16.3. The molecule has 0 saturated heterocycles. The third kappa shape index (κ3) is 2.87. The maximum absolute atomic E-state index is 6.44. The Morgan fingerprint density at radius 3 is 2.55 bits per heavy atom. The summed E-state index contributed by atoms with van der Waals surface area (Å²) in [6.07, 6.45) is 10.7. The van der Waals surface area contributed by atoms with Gasteiger partial charge in [0.2, 0.25) is 11.4 Å². The number of aryl methyl sites for hydroxylation is 2. The summed E-state index contributed by atoms with van der Waals surface area (Å²) in [5.74, 6) is 0.669. The van der Waals surface area contributed by atoms with Gasteiger partial charge in [0.15, 0.2) is 11.8 Å². The quantitative estimate of drug-likeness (QED) is 0.295. The first-order valence-electron chi connectivity index (χ1n) is 11.4. The number of hydrogen-bond acceptors (Lipinski definition) is 2. The van der Waals surface area contributed by atoms with Gasteiger partial charge >= 0.3 is 0 Å². The minimum atomic E-state index is 0.669. The molecular weight excluding hydrogens is 380 g/mol. The Morgan fingerprint density at radius 2 is 1.71 bits per heavy atom. The van der Waals surface area contributed by atoms with Crippen molar-refractivity contribution in [3.05, 3.63) is 72.1 Å². The van der Waals surface area contributed by atoms with Gasteiger partial charge < -0.3 is 4.42 Å². The smallest absolute Gasteiger partial charge is 0.227 e. The first-order valence-corrected chi connectivity index (χ1v) is 11.4. The summed E-state index contributed by atoms with van der Waals surface area (Å²) in [7, 11) is 2.14. The maximum Gasteiger partial charge on any atom is 0.227 e. The Bertz CT molecular complexity index is 1440. The SMILES string of the molecule is Cc1c(-c2cc(C3CCCCC3)cc[n+]2C)c2oc3ncccc3c2c2ccccc12. The molecule has 0 radical (unpaired) electrons. The van der Waals surface area contributed by atoms with E-state index in [-0.39, 0.29) is 0 Å². The summed E-state index contributed by atoms with van der Waals surface area (Å²) in [6, 6.07) is 17.5. The molecule has 0 unspecified atom stereocenters. The van der Waals surface area contributed by atoms with Gasteiger partial charge in [-0.15, -0.1) is 0 Å². The van der Waals surface area contributed by atoms with Crippen LogP contribution >= 0.6 is 0 Å². The van der Waals surface area contributed by atoms with Gasteiger partial charge in [-0.05, 0) is 59.7 Å². The lowest BCUT2D eigenvalue weighted by Crippen LogP contribution is -2.31. The van der Waals surface area contributed by atoms with Crippen LogP contribution < -0.4 is 4.57 Å². The lowest BCUT2D eigenvalue weighted by atomic mass is 9.83. The molecular formula is C28H27N2O+. The van der Waals surface area contributed by atoms with Gasteiger partial charge in [0.1, 0.15) is 7.05 Å². The molecule has 0 atom stereocenters. The van der Waals surface area contributed by atoms with Crippen molar-refractivity contribution in [2.75, 3.05) is 0 Å². The lowest BCUT2D eigenvalue weighted by Gasteiger charge is -2.22. The van der Waals surface area contributed by atoms with Crippen LogP contribution in [0.25, 0.3) is 44.1 Å². The van der Waals surface area contributed by atoms with E-state index in [2.05, 4.69) is 72.2 Å². The van der Waals surface area contributed by atoms with E-state index in [4.69, 9.17) is 4.42 Å². The Labute approximate surface area is 182 Å². The molecule has 3 heteroatoms. The number of nitrogens with zero attached hydrogens (tertiary/aromatic N) is 2. The minimum Gasteiger partial charge on any atom is -0.437 e. The third-order valence-corrected chi connectivity index (χ3v) is 7.18. The van der Waals surface area contributed by atoms with E-state index < -0.39 is 0 Å². The second kappa shape index (κ2) is 7.19. The van der Waals surface area contributed by atoms with Crippen LogP contribution in [0.5, 0.6) is 0 Å². The Balaban J connectivity index is 1.70. The highest BCUT2D eigenvalue weighted by Gasteiger charge is 2.26. The first-order chi connectivity index (χ1) is 15.2. The second-order valence-electron chi connectivity index (χ2n) is 9.00. The second-order valence-corrected chi connectivity index (χ2v) is 9.00. The summed E-state index contributed by atoms with van der Waals surface area (Å²) >= 11 is 0. The fourth-order valence-corrected chi connectivity index (χ4v) is 5.54. The monoisotopic (exact) mass is 407 g/mol. The van der Waals surface area contributed by atoms with E-state index in [9.17, 15) is 0 Å². The third-order valence-electron chi connectivity index (χ3n) is 7.18. The maximum atomic E-state index is 6.44. The van der Waals surface area contributed by atoms with Crippen molar-refractivity contribution in [1.29, 1.82) is 0 Å². The average molecular weight is 408 g/mol. The van der Waals surface area contributed by atoms with Crippen LogP contribution in [0.1, 0.15) is 49.1 Å². The van der Waals surface area contributed by atoms with Crippen LogP contribution in [0.2, 0.25) is 0 Å². The van der Waals surface area contributed by atoms with Gasteiger partial charge in [-0.2, -0.15) is 0 Å². The van der Waals surface area contributed by atoms with Crippen molar-refractivity contribution in [2.24, 2.45) is 7.05 Å². The zero-order valence-electron chi connectivity index (χ0n) is 18.2. The number of fused-ring (bicyclic) bond motifs is 5. The zero-order chi connectivity index (χ0) is 20.9. The molecule has 1 aliphatic carbocycles. The van der Waals surface area contributed by atoms with Crippen LogP contribution in [0.4, 0.5) is 0 Å². The molecule has 5 aromatic rings. The molecule has 31 heavy (non-hydrogen) atoms. The number of benzene rings is 2. The molecule has 1 fully saturated rings. The van der Waals surface area contributed by atoms with Gasteiger partial charge in [-0.1, -0.05) is 43.5 Å².